The number of benzene rings is 2. The number of amides is 1. The number of Topliss-reactive ketones (excluding diaryl/α,β-unsaturated/α-hetero) is 1. The van der Waals surface area contributed by atoms with Crippen LogP contribution >= 0.6 is 0 Å². The van der Waals surface area contributed by atoms with E-state index in [2.05, 4.69) is 34.3 Å². The van der Waals surface area contributed by atoms with Crippen LogP contribution in [0.25, 0.3) is 16.8 Å². The maximum Gasteiger partial charge on any atom is 0.410 e. The van der Waals surface area contributed by atoms with E-state index in [0.717, 1.165) is 0 Å². The van der Waals surface area contributed by atoms with Crippen molar-refractivity contribution in [1.29, 1.82) is 0 Å². The number of piperidine rings is 1. The molecule has 3 aliphatic rings. The standard InChI is InChI=1S/C29H26N4O4/c34-28(19-13-30-27-9-10-31-32(27)14-19)18-11-20-15-36-16-21(12-18)33(20)29(35)37-17-26-24-7-3-1-5-22(24)23-6-2-4-8-25(23)26/h1-10,13-14,18,20-21,26H,11-12,15-17H2. The largest absolute Gasteiger partial charge is 0.448 e. The lowest BCUT2D eigenvalue weighted by atomic mass is 9.81. The molecule has 2 fully saturated rings. The number of morpholine rings is 1. The van der Waals surface area contributed by atoms with Crippen LogP contribution in [0.2, 0.25) is 0 Å². The van der Waals surface area contributed by atoms with Crippen LogP contribution in [0.5, 0.6) is 0 Å². The summed E-state index contributed by atoms with van der Waals surface area (Å²) in [6.45, 7) is 1.09. The van der Waals surface area contributed by atoms with Crippen molar-refractivity contribution >= 4 is 17.5 Å². The van der Waals surface area contributed by atoms with Gasteiger partial charge in [0, 0.05) is 30.3 Å². The summed E-state index contributed by atoms with van der Waals surface area (Å²) in [4.78, 5) is 32.9. The van der Waals surface area contributed by atoms with Crippen LogP contribution in [0, 0.1) is 5.92 Å². The Morgan fingerprint density at radius 1 is 0.946 bits per heavy atom. The molecule has 1 aliphatic carbocycles. The van der Waals surface area contributed by atoms with Gasteiger partial charge in [-0.3, -0.25) is 9.69 Å². The number of nitrogens with zero attached hydrogens (tertiary/aromatic N) is 4. The third kappa shape index (κ3) is 3.71. The lowest BCUT2D eigenvalue weighted by Crippen LogP contribution is -2.60. The lowest BCUT2D eigenvalue weighted by molar-refractivity contribution is -0.0747. The second-order valence-corrected chi connectivity index (χ2v) is 10.1. The molecule has 7 rings (SSSR count). The Labute approximate surface area is 213 Å². The van der Waals surface area contributed by atoms with Gasteiger partial charge in [0.1, 0.15) is 6.61 Å². The molecule has 2 atom stereocenters. The van der Waals surface area contributed by atoms with E-state index in [1.54, 1.807) is 29.2 Å². The van der Waals surface area contributed by atoms with Crippen LogP contribution in [0.1, 0.15) is 40.2 Å². The normalized spacial score (nSPS) is 22.5. The van der Waals surface area contributed by atoms with Crippen LogP contribution in [-0.2, 0) is 9.47 Å². The minimum absolute atomic E-state index is 0.0104. The molecular formula is C29H26N4O4. The highest BCUT2D eigenvalue weighted by atomic mass is 16.6. The van der Waals surface area contributed by atoms with Crippen molar-refractivity contribution in [3.63, 3.8) is 0 Å². The van der Waals surface area contributed by atoms with E-state index in [-0.39, 0.29) is 42.4 Å². The van der Waals surface area contributed by atoms with Gasteiger partial charge in [-0.2, -0.15) is 5.10 Å². The molecule has 0 saturated carbocycles. The summed E-state index contributed by atoms with van der Waals surface area (Å²) in [5.74, 6) is -0.156. The second kappa shape index (κ2) is 8.81. The number of fused-ring (bicyclic) bond motifs is 6. The highest BCUT2D eigenvalue weighted by Crippen LogP contribution is 2.44. The molecule has 4 heterocycles. The molecule has 2 saturated heterocycles. The number of ether oxygens (including phenoxy) is 2. The average Bonchev–Trinajstić information content (AvgIpc) is 3.53. The van der Waals surface area contributed by atoms with Crippen molar-refractivity contribution in [1.82, 2.24) is 19.5 Å². The van der Waals surface area contributed by atoms with E-state index in [1.165, 1.54) is 22.3 Å². The maximum atomic E-state index is 13.4. The number of hydrogen-bond donors (Lipinski definition) is 0. The number of hydrogen-bond acceptors (Lipinski definition) is 6. The minimum atomic E-state index is -0.328. The van der Waals surface area contributed by atoms with Crippen molar-refractivity contribution in [2.75, 3.05) is 19.8 Å². The van der Waals surface area contributed by atoms with Gasteiger partial charge in [-0.25, -0.2) is 14.3 Å². The Hall–Kier alpha value is -4.04. The predicted molar refractivity (Wildman–Crippen MR) is 135 cm³/mol. The van der Waals surface area contributed by atoms with Crippen molar-refractivity contribution in [2.45, 2.75) is 30.8 Å². The number of aromatic nitrogens is 3. The number of carbonyl (C=O) groups excluding carboxylic acids is 2. The van der Waals surface area contributed by atoms with E-state index >= 15 is 0 Å². The quantitative estimate of drug-likeness (QED) is 0.393. The first-order valence-corrected chi connectivity index (χ1v) is 12.7. The van der Waals surface area contributed by atoms with Gasteiger partial charge < -0.3 is 9.47 Å². The molecule has 0 radical (unpaired) electrons. The van der Waals surface area contributed by atoms with Crippen LogP contribution in [0.4, 0.5) is 4.79 Å². The summed E-state index contributed by atoms with van der Waals surface area (Å²) in [6, 6.07) is 18.0. The molecule has 0 N–H and O–H groups in total. The van der Waals surface area contributed by atoms with Crippen molar-refractivity contribution in [3.05, 3.63) is 89.9 Å². The SMILES string of the molecule is O=C(c1cnc2ccnn2c1)C1CC2COCC(C1)N2C(=O)OCC1c2ccccc2-c2ccccc21. The van der Waals surface area contributed by atoms with Crippen molar-refractivity contribution < 1.29 is 19.1 Å². The summed E-state index contributed by atoms with van der Waals surface area (Å²) in [7, 11) is 0. The van der Waals surface area contributed by atoms with Gasteiger partial charge in [-0.05, 0) is 35.1 Å². The number of rotatable bonds is 4. The molecule has 2 unspecified atom stereocenters. The Morgan fingerprint density at radius 2 is 1.62 bits per heavy atom. The molecule has 4 aromatic rings. The Morgan fingerprint density at radius 3 is 2.32 bits per heavy atom. The van der Waals surface area contributed by atoms with E-state index in [1.807, 2.05) is 29.2 Å². The van der Waals surface area contributed by atoms with Gasteiger partial charge in [-0.1, -0.05) is 48.5 Å². The molecule has 2 aromatic carbocycles. The highest BCUT2D eigenvalue weighted by Gasteiger charge is 2.45. The van der Waals surface area contributed by atoms with Crippen LogP contribution in [0.3, 0.4) is 0 Å². The zero-order valence-corrected chi connectivity index (χ0v) is 20.2. The average molecular weight is 495 g/mol. The Balaban J connectivity index is 1.07. The Kier molecular flexibility index (Phi) is 5.28. The van der Waals surface area contributed by atoms with Gasteiger partial charge in [-0.15, -0.1) is 0 Å². The van der Waals surface area contributed by atoms with Crippen LogP contribution in [-0.4, -0.2) is 63.3 Å². The first kappa shape index (κ1) is 22.2. The molecule has 2 aliphatic heterocycles. The zero-order valence-electron chi connectivity index (χ0n) is 20.2. The van der Waals surface area contributed by atoms with Gasteiger partial charge >= 0.3 is 6.09 Å². The summed E-state index contributed by atoms with van der Waals surface area (Å²) in [5, 5.41) is 4.19. The fraction of sp³-hybridized carbons (Fsp3) is 0.310. The molecule has 8 nitrogen and oxygen atoms in total. The fourth-order valence-electron chi connectivity index (χ4n) is 6.27. The third-order valence-corrected chi connectivity index (χ3v) is 7.97. The van der Waals surface area contributed by atoms with Gasteiger partial charge in [0.25, 0.3) is 0 Å². The first-order valence-electron chi connectivity index (χ1n) is 12.7. The van der Waals surface area contributed by atoms with Gasteiger partial charge in [0.15, 0.2) is 11.4 Å². The van der Waals surface area contributed by atoms with Crippen LogP contribution in [0.15, 0.2) is 73.2 Å². The van der Waals surface area contributed by atoms with E-state index in [4.69, 9.17) is 9.47 Å². The number of ketones is 1. The van der Waals surface area contributed by atoms with Crippen molar-refractivity contribution in [3.8, 4) is 11.1 Å². The van der Waals surface area contributed by atoms with E-state index in [9.17, 15) is 9.59 Å². The van der Waals surface area contributed by atoms with E-state index in [0.29, 0.717) is 37.3 Å². The molecule has 0 spiro atoms. The first-order chi connectivity index (χ1) is 18.2. The van der Waals surface area contributed by atoms with Gasteiger partial charge in [0.05, 0.1) is 37.1 Å². The number of carbonyl (C=O) groups is 2. The van der Waals surface area contributed by atoms with Crippen molar-refractivity contribution in [2.24, 2.45) is 5.92 Å². The minimum Gasteiger partial charge on any atom is -0.448 e. The molecule has 37 heavy (non-hydrogen) atoms. The Bertz CT molecular complexity index is 1460. The summed E-state index contributed by atoms with van der Waals surface area (Å²) in [6.07, 6.45) is 5.75. The molecular weight excluding hydrogens is 468 g/mol. The topological polar surface area (TPSA) is 86.0 Å². The monoisotopic (exact) mass is 494 g/mol. The smallest absolute Gasteiger partial charge is 0.410 e. The molecule has 8 heteroatoms. The lowest BCUT2D eigenvalue weighted by Gasteiger charge is -2.47. The predicted octanol–water partition coefficient (Wildman–Crippen LogP) is 4.34. The molecule has 1 amide bonds. The molecule has 2 bridgehead atoms. The van der Waals surface area contributed by atoms with Gasteiger partial charge in [0.2, 0.25) is 0 Å². The summed E-state index contributed by atoms with van der Waals surface area (Å²) < 4.78 is 13.4. The zero-order chi connectivity index (χ0) is 24.9. The van der Waals surface area contributed by atoms with Crippen LogP contribution < -0.4 is 0 Å². The summed E-state index contributed by atoms with van der Waals surface area (Å²) >= 11 is 0. The second-order valence-electron chi connectivity index (χ2n) is 10.1. The van der Waals surface area contributed by atoms with E-state index < -0.39 is 0 Å². The molecule has 186 valence electrons. The summed E-state index contributed by atoms with van der Waals surface area (Å²) in [5.41, 5.74) is 6.01. The third-order valence-electron chi connectivity index (χ3n) is 7.97. The highest BCUT2D eigenvalue weighted by molar-refractivity contribution is 5.97. The molecule has 2 aromatic heterocycles. The fourth-order valence-corrected chi connectivity index (χ4v) is 6.27. The maximum absolute atomic E-state index is 13.4.